The van der Waals surface area contributed by atoms with Crippen LogP contribution in [0.25, 0.3) is 0 Å². The van der Waals surface area contributed by atoms with E-state index in [1.54, 1.807) is 0 Å². The van der Waals surface area contributed by atoms with Crippen molar-refractivity contribution in [3.63, 3.8) is 0 Å². The highest BCUT2D eigenvalue weighted by molar-refractivity contribution is 8.00. The quantitative estimate of drug-likeness (QED) is 0.786. The van der Waals surface area contributed by atoms with Gasteiger partial charge in [-0.3, -0.25) is 9.59 Å². The van der Waals surface area contributed by atoms with Crippen LogP contribution in [0.15, 0.2) is 41.8 Å². The molecular formula is C20H22N2O2S2. The SMILES string of the molecule is Cc1ccccc1C(=O)N1CCC2(CC1)SCCN2C(=O)c1cccs1. The van der Waals surface area contributed by atoms with Crippen molar-refractivity contribution >= 4 is 34.9 Å². The fourth-order valence-electron chi connectivity index (χ4n) is 3.89. The summed E-state index contributed by atoms with van der Waals surface area (Å²) in [5, 5.41) is 1.95. The number of carbonyl (C=O) groups excluding carboxylic acids is 2. The van der Waals surface area contributed by atoms with Gasteiger partial charge in [0, 0.05) is 31.0 Å². The molecule has 0 radical (unpaired) electrons. The summed E-state index contributed by atoms with van der Waals surface area (Å²) in [4.78, 5) is 30.4. The molecule has 1 spiro atoms. The van der Waals surface area contributed by atoms with E-state index in [2.05, 4.69) is 4.90 Å². The molecule has 26 heavy (non-hydrogen) atoms. The number of thioether (sulfide) groups is 1. The van der Waals surface area contributed by atoms with Gasteiger partial charge >= 0.3 is 0 Å². The molecule has 2 fully saturated rings. The van der Waals surface area contributed by atoms with Gasteiger partial charge in [-0.2, -0.15) is 0 Å². The maximum Gasteiger partial charge on any atom is 0.265 e. The van der Waals surface area contributed by atoms with Gasteiger partial charge in [-0.25, -0.2) is 0 Å². The number of rotatable bonds is 2. The van der Waals surface area contributed by atoms with Crippen LogP contribution in [0.1, 0.15) is 38.4 Å². The predicted molar refractivity (Wildman–Crippen MR) is 107 cm³/mol. The summed E-state index contributed by atoms with van der Waals surface area (Å²) < 4.78 is 0. The van der Waals surface area contributed by atoms with Gasteiger partial charge in [-0.05, 0) is 42.8 Å². The summed E-state index contributed by atoms with van der Waals surface area (Å²) in [6.45, 7) is 4.18. The molecule has 2 aliphatic heterocycles. The first-order valence-electron chi connectivity index (χ1n) is 8.95. The van der Waals surface area contributed by atoms with Gasteiger partial charge in [-0.15, -0.1) is 23.1 Å². The zero-order valence-corrected chi connectivity index (χ0v) is 16.4. The van der Waals surface area contributed by atoms with E-state index in [-0.39, 0.29) is 16.7 Å². The minimum Gasteiger partial charge on any atom is -0.338 e. The summed E-state index contributed by atoms with van der Waals surface area (Å²) in [6.07, 6.45) is 1.68. The van der Waals surface area contributed by atoms with Crippen molar-refractivity contribution < 1.29 is 9.59 Å². The Labute approximate surface area is 162 Å². The Bertz CT molecular complexity index is 811. The molecule has 0 saturated carbocycles. The fraction of sp³-hybridized carbons (Fsp3) is 0.400. The molecule has 2 aliphatic rings. The molecule has 2 aromatic rings. The third kappa shape index (κ3) is 3.05. The summed E-state index contributed by atoms with van der Waals surface area (Å²) in [7, 11) is 0. The van der Waals surface area contributed by atoms with Crippen molar-refractivity contribution in [2.75, 3.05) is 25.4 Å². The van der Waals surface area contributed by atoms with Crippen LogP contribution in [0.2, 0.25) is 0 Å². The van der Waals surface area contributed by atoms with Gasteiger partial charge in [-0.1, -0.05) is 24.3 Å². The Balaban J connectivity index is 1.48. The van der Waals surface area contributed by atoms with Gasteiger partial charge in [0.05, 0.1) is 9.75 Å². The molecule has 4 nitrogen and oxygen atoms in total. The van der Waals surface area contributed by atoms with E-state index in [4.69, 9.17) is 0 Å². The maximum atomic E-state index is 12.9. The van der Waals surface area contributed by atoms with E-state index in [1.807, 2.05) is 65.4 Å². The molecule has 0 unspecified atom stereocenters. The molecule has 136 valence electrons. The van der Waals surface area contributed by atoms with Crippen molar-refractivity contribution in [2.24, 2.45) is 0 Å². The van der Waals surface area contributed by atoms with E-state index in [0.29, 0.717) is 13.1 Å². The van der Waals surface area contributed by atoms with Crippen LogP contribution in [-0.2, 0) is 0 Å². The number of benzene rings is 1. The Hall–Kier alpha value is -1.79. The average molecular weight is 387 g/mol. The van der Waals surface area contributed by atoms with E-state index >= 15 is 0 Å². The minimum atomic E-state index is -0.149. The number of likely N-dealkylation sites (tertiary alicyclic amines) is 1. The van der Waals surface area contributed by atoms with E-state index in [9.17, 15) is 9.59 Å². The van der Waals surface area contributed by atoms with Crippen LogP contribution in [0.5, 0.6) is 0 Å². The standard InChI is InChI=1S/C20H22N2O2S2/c1-15-5-2-3-6-16(15)18(23)21-10-8-20(9-11-21)22(12-14-26-20)19(24)17-7-4-13-25-17/h2-7,13H,8-12,14H2,1H3. The fourth-order valence-corrected chi connectivity index (χ4v) is 6.01. The van der Waals surface area contributed by atoms with Crippen molar-refractivity contribution in [1.82, 2.24) is 9.80 Å². The van der Waals surface area contributed by atoms with Crippen LogP contribution in [0.4, 0.5) is 0 Å². The Morgan fingerprint density at radius 1 is 1.00 bits per heavy atom. The molecule has 1 aromatic heterocycles. The van der Waals surface area contributed by atoms with E-state index in [0.717, 1.165) is 41.1 Å². The molecule has 0 N–H and O–H groups in total. The number of hydrogen-bond acceptors (Lipinski definition) is 4. The highest BCUT2D eigenvalue weighted by Gasteiger charge is 2.47. The van der Waals surface area contributed by atoms with Gasteiger partial charge in [0.1, 0.15) is 0 Å². The normalized spacial score (nSPS) is 19.1. The van der Waals surface area contributed by atoms with Crippen molar-refractivity contribution in [3.8, 4) is 0 Å². The first-order chi connectivity index (χ1) is 12.6. The van der Waals surface area contributed by atoms with Crippen LogP contribution < -0.4 is 0 Å². The van der Waals surface area contributed by atoms with E-state index in [1.165, 1.54) is 11.3 Å². The lowest BCUT2D eigenvalue weighted by atomic mass is 10.00. The van der Waals surface area contributed by atoms with Crippen molar-refractivity contribution in [1.29, 1.82) is 0 Å². The molecule has 4 rings (SSSR count). The lowest BCUT2D eigenvalue weighted by Gasteiger charge is -2.44. The topological polar surface area (TPSA) is 40.6 Å². The van der Waals surface area contributed by atoms with Crippen molar-refractivity contribution in [3.05, 3.63) is 57.8 Å². The molecule has 2 saturated heterocycles. The van der Waals surface area contributed by atoms with Gasteiger partial charge in [0.25, 0.3) is 11.8 Å². The number of carbonyl (C=O) groups is 2. The molecular weight excluding hydrogens is 364 g/mol. The van der Waals surface area contributed by atoms with Crippen LogP contribution >= 0.6 is 23.1 Å². The third-order valence-electron chi connectivity index (χ3n) is 5.36. The van der Waals surface area contributed by atoms with Crippen molar-refractivity contribution in [2.45, 2.75) is 24.6 Å². The first kappa shape index (κ1) is 17.6. The molecule has 1 aromatic carbocycles. The second-order valence-corrected chi connectivity index (χ2v) is 9.24. The maximum absolute atomic E-state index is 12.9. The van der Waals surface area contributed by atoms with Gasteiger partial charge in [0.15, 0.2) is 0 Å². The van der Waals surface area contributed by atoms with Gasteiger partial charge in [0.2, 0.25) is 0 Å². The first-order valence-corrected chi connectivity index (χ1v) is 10.8. The molecule has 2 amide bonds. The minimum absolute atomic E-state index is 0.108. The number of aryl methyl sites for hydroxylation is 1. The third-order valence-corrected chi connectivity index (χ3v) is 7.77. The Morgan fingerprint density at radius 3 is 2.46 bits per heavy atom. The second-order valence-electron chi connectivity index (χ2n) is 6.84. The summed E-state index contributed by atoms with van der Waals surface area (Å²) >= 11 is 3.39. The van der Waals surface area contributed by atoms with Gasteiger partial charge < -0.3 is 9.80 Å². The highest BCUT2D eigenvalue weighted by Crippen LogP contribution is 2.45. The van der Waals surface area contributed by atoms with Crippen LogP contribution in [-0.4, -0.2) is 51.9 Å². The van der Waals surface area contributed by atoms with E-state index < -0.39 is 0 Å². The average Bonchev–Trinajstić information content (AvgIpc) is 3.32. The molecule has 0 aliphatic carbocycles. The summed E-state index contributed by atoms with van der Waals surface area (Å²) in [6, 6.07) is 11.6. The molecule has 6 heteroatoms. The second kappa shape index (κ2) is 7.08. The largest absolute Gasteiger partial charge is 0.338 e. The molecule has 3 heterocycles. The van der Waals surface area contributed by atoms with Crippen LogP contribution in [0.3, 0.4) is 0 Å². The lowest BCUT2D eigenvalue weighted by molar-refractivity contribution is 0.0500. The zero-order chi connectivity index (χ0) is 18.1. The number of thiophene rings is 1. The van der Waals surface area contributed by atoms with Crippen LogP contribution in [0, 0.1) is 6.92 Å². The lowest BCUT2D eigenvalue weighted by Crippen LogP contribution is -2.53. The number of amides is 2. The Morgan fingerprint density at radius 2 is 1.77 bits per heavy atom. The highest BCUT2D eigenvalue weighted by atomic mass is 32.2. The summed E-state index contributed by atoms with van der Waals surface area (Å²) in [5.74, 6) is 1.23. The molecule has 0 atom stereocenters. The zero-order valence-electron chi connectivity index (χ0n) is 14.8. The molecule has 0 bridgehead atoms. The Kier molecular flexibility index (Phi) is 4.80. The number of piperidine rings is 1. The number of nitrogens with zero attached hydrogens (tertiary/aromatic N) is 2. The number of hydrogen-bond donors (Lipinski definition) is 0. The monoisotopic (exact) mass is 386 g/mol. The summed E-state index contributed by atoms with van der Waals surface area (Å²) in [5.41, 5.74) is 1.80. The smallest absolute Gasteiger partial charge is 0.265 e. The predicted octanol–water partition coefficient (Wildman–Crippen LogP) is 3.88.